The van der Waals surface area contributed by atoms with Crippen LogP contribution in [0.2, 0.25) is 0 Å². The van der Waals surface area contributed by atoms with Crippen LogP contribution in [0.5, 0.6) is 11.5 Å². The van der Waals surface area contributed by atoms with Crippen molar-refractivity contribution in [1.82, 2.24) is 0 Å². The standard InChI is InChI=1S/C37H47FO9/c1-6-7-8-9-10-11-16-42-33-13-12-28(21-32(33)38)31-19-29(14-17-43-35(39)25(2)3)34(45-22-27-23-46-37(41)47-24-27)30(20-31)15-18-44-36(40)26(4)5/h12-13,19-21,27H,2,4,6-11,14-18,22-24H2,1,3,5H3. The largest absolute Gasteiger partial charge is 0.508 e. The summed E-state index contributed by atoms with van der Waals surface area (Å²) in [5.41, 5.74) is 3.23. The van der Waals surface area contributed by atoms with Crippen molar-refractivity contribution < 1.29 is 47.2 Å². The van der Waals surface area contributed by atoms with Crippen molar-refractivity contribution in [2.45, 2.75) is 72.1 Å². The topological polar surface area (TPSA) is 107 Å². The lowest BCUT2D eigenvalue weighted by atomic mass is 9.95. The van der Waals surface area contributed by atoms with Gasteiger partial charge in [0, 0.05) is 24.0 Å². The first-order valence-corrected chi connectivity index (χ1v) is 16.2. The van der Waals surface area contributed by atoms with Crippen LogP contribution < -0.4 is 9.47 Å². The van der Waals surface area contributed by atoms with Crippen LogP contribution in [-0.4, -0.2) is 57.7 Å². The summed E-state index contributed by atoms with van der Waals surface area (Å²) in [6.45, 7) is 13.5. The molecule has 47 heavy (non-hydrogen) atoms. The Morgan fingerprint density at radius 3 is 1.94 bits per heavy atom. The van der Waals surface area contributed by atoms with E-state index in [4.69, 9.17) is 28.4 Å². The summed E-state index contributed by atoms with van der Waals surface area (Å²) in [5, 5.41) is 0. The van der Waals surface area contributed by atoms with Crippen LogP contribution in [0.4, 0.5) is 9.18 Å². The Hall–Kier alpha value is -4.34. The van der Waals surface area contributed by atoms with E-state index in [-0.39, 0.29) is 68.7 Å². The predicted molar refractivity (Wildman–Crippen MR) is 176 cm³/mol. The van der Waals surface area contributed by atoms with E-state index in [1.54, 1.807) is 26.0 Å². The minimum Gasteiger partial charge on any atom is -0.492 e. The molecule has 1 fully saturated rings. The minimum atomic E-state index is -0.725. The molecule has 0 bridgehead atoms. The molecule has 0 radical (unpaired) electrons. The summed E-state index contributed by atoms with van der Waals surface area (Å²) in [5.74, 6) is -1.03. The first-order valence-electron chi connectivity index (χ1n) is 16.2. The summed E-state index contributed by atoms with van der Waals surface area (Å²) < 4.78 is 48.0. The molecule has 0 amide bonds. The molecule has 1 aliphatic heterocycles. The van der Waals surface area contributed by atoms with Crippen LogP contribution in [0.3, 0.4) is 0 Å². The molecular weight excluding hydrogens is 607 g/mol. The number of rotatable bonds is 20. The summed E-state index contributed by atoms with van der Waals surface area (Å²) in [7, 11) is 0. The molecule has 0 aromatic heterocycles. The maximum absolute atomic E-state index is 15.3. The molecule has 2 aromatic rings. The molecule has 1 aliphatic rings. The fourth-order valence-electron chi connectivity index (χ4n) is 4.85. The van der Waals surface area contributed by atoms with Crippen molar-refractivity contribution >= 4 is 18.1 Å². The van der Waals surface area contributed by atoms with E-state index in [2.05, 4.69) is 20.1 Å². The van der Waals surface area contributed by atoms with Crippen molar-refractivity contribution in [2.75, 3.05) is 39.6 Å². The second-order valence-corrected chi connectivity index (χ2v) is 11.8. The van der Waals surface area contributed by atoms with Crippen LogP contribution in [0, 0.1) is 11.7 Å². The lowest BCUT2D eigenvalue weighted by Crippen LogP contribution is -2.31. The first-order chi connectivity index (χ1) is 22.6. The van der Waals surface area contributed by atoms with Gasteiger partial charge in [0.1, 0.15) is 19.0 Å². The average Bonchev–Trinajstić information content (AvgIpc) is 3.04. The van der Waals surface area contributed by atoms with E-state index in [0.717, 1.165) is 19.3 Å². The molecule has 10 heteroatoms. The van der Waals surface area contributed by atoms with E-state index in [1.165, 1.54) is 25.3 Å². The number of unbranched alkanes of at least 4 members (excludes halogenated alkanes) is 5. The highest BCUT2D eigenvalue weighted by Crippen LogP contribution is 2.34. The Bertz CT molecular complexity index is 1340. The summed E-state index contributed by atoms with van der Waals surface area (Å²) in [6, 6.07) is 8.56. The molecule has 0 saturated carbocycles. The Balaban J connectivity index is 1.88. The fraction of sp³-hybridized carbons (Fsp3) is 0.486. The smallest absolute Gasteiger partial charge is 0.492 e. The Labute approximate surface area is 277 Å². The minimum absolute atomic E-state index is 0.0410. The van der Waals surface area contributed by atoms with Gasteiger partial charge in [0.25, 0.3) is 0 Å². The van der Waals surface area contributed by atoms with Gasteiger partial charge in [-0.05, 0) is 66.8 Å². The van der Waals surface area contributed by atoms with Crippen molar-refractivity contribution in [2.24, 2.45) is 5.92 Å². The molecular formula is C37H47FO9. The normalized spacial score (nSPS) is 12.9. The highest BCUT2D eigenvalue weighted by molar-refractivity contribution is 5.87. The van der Waals surface area contributed by atoms with E-state index >= 15 is 4.39 Å². The molecule has 0 unspecified atom stereocenters. The van der Waals surface area contributed by atoms with Crippen LogP contribution in [0.15, 0.2) is 54.6 Å². The Morgan fingerprint density at radius 1 is 0.809 bits per heavy atom. The van der Waals surface area contributed by atoms with Gasteiger partial charge in [-0.1, -0.05) is 58.3 Å². The highest BCUT2D eigenvalue weighted by Gasteiger charge is 2.23. The van der Waals surface area contributed by atoms with Gasteiger partial charge in [-0.25, -0.2) is 18.8 Å². The van der Waals surface area contributed by atoms with Crippen molar-refractivity contribution in [3.05, 3.63) is 71.6 Å². The third-order valence-electron chi connectivity index (χ3n) is 7.51. The van der Waals surface area contributed by atoms with Crippen molar-refractivity contribution in [3.8, 4) is 22.6 Å². The number of ether oxygens (including phenoxy) is 6. The summed E-state index contributed by atoms with van der Waals surface area (Å²) in [6.07, 6.45) is 6.48. The van der Waals surface area contributed by atoms with E-state index in [0.29, 0.717) is 34.6 Å². The Morgan fingerprint density at radius 2 is 1.38 bits per heavy atom. The van der Waals surface area contributed by atoms with Crippen LogP contribution in [0.1, 0.15) is 70.4 Å². The van der Waals surface area contributed by atoms with Crippen LogP contribution in [-0.2, 0) is 41.4 Å². The lowest BCUT2D eigenvalue weighted by molar-refractivity contribution is -0.139. The zero-order chi connectivity index (χ0) is 34.2. The second-order valence-electron chi connectivity index (χ2n) is 11.8. The molecule has 1 heterocycles. The van der Waals surface area contributed by atoms with Gasteiger partial charge in [-0.2, -0.15) is 0 Å². The molecule has 0 aliphatic carbocycles. The van der Waals surface area contributed by atoms with Gasteiger partial charge in [-0.3, -0.25) is 0 Å². The van der Waals surface area contributed by atoms with Crippen LogP contribution in [0.25, 0.3) is 11.1 Å². The zero-order valence-electron chi connectivity index (χ0n) is 27.8. The van der Waals surface area contributed by atoms with E-state index in [1.807, 2.05) is 12.1 Å². The zero-order valence-corrected chi connectivity index (χ0v) is 27.8. The van der Waals surface area contributed by atoms with Crippen molar-refractivity contribution in [3.63, 3.8) is 0 Å². The number of hydrogen-bond acceptors (Lipinski definition) is 9. The lowest BCUT2D eigenvalue weighted by Gasteiger charge is -2.24. The number of hydrogen-bond donors (Lipinski definition) is 0. The number of benzene rings is 2. The Kier molecular flexibility index (Phi) is 15.3. The number of carbonyl (C=O) groups excluding carboxylic acids is 3. The van der Waals surface area contributed by atoms with Crippen LogP contribution >= 0.6 is 0 Å². The molecule has 9 nitrogen and oxygen atoms in total. The number of halogens is 1. The van der Waals surface area contributed by atoms with Gasteiger partial charge in [0.15, 0.2) is 11.6 Å². The molecule has 3 rings (SSSR count). The van der Waals surface area contributed by atoms with Gasteiger partial charge in [0.05, 0.1) is 32.3 Å². The molecule has 1 saturated heterocycles. The first kappa shape index (κ1) is 37.1. The molecule has 0 N–H and O–H groups in total. The maximum atomic E-state index is 15.3. The number of esters is 2. The average molecular weight is 655 g/mol. The summed E-state index contributed by atoms with van der Waals surface area (Å²) >= 11 is 0. The van der Waals surface area contributed by atoms with E-state index in [9.17, 15) is 14.4 Å². The number of carbonyl (C=O) groups is 3. The SMILES string of the molecule is C=C(C)C(=O)OCCc1cc(-c2ccc(OCCCCCCCC)c(F)c2)cc(CCOC(=O)C(=C)C)c1OCC1COC(=O)OC1. The van der Waals surface area contributed by atoms with Gasteiger partial charge >= 0.3 is 18.1 Å². The molecule has 0 spiro atoms. The van der Waals surface area contributed by atoms with Gasteiger partial charge in [-0.15, -0.1) is 0 Å². The predicted octanol–water partition coefficient (Wildman–Crippen LogP) is 7.72. The van der Waals surface area contributed by atoms with Gasteiger partial charge < -0.3 is 28.4 Å². The summed E-state index contributed by atoms with van der Waals surface area (Å²) in [4.78, 5) is 35.5. The molecule has 256 valence electrons. The monoisotopic (exact) mass is 654 g/mol. The van der Waals surface area contributed by atoms with Crippen molar-refractivity contribution in [1.29, 1.82) is 0 Å². The highest BCUT2D eigenvalue weighted by atomic mass is 19.1. The maximum Gasteiger partial charge on any atom is 0.508 e. The van der Waals surface area contributed by atoms with Gasteiger partial charge in [0.2, 0.25) is 0 Å². The fourth-order valence-corrected chi connectivity index (χ4v) is 4.85. The third kappa shape index (κ3) is 12.4. The molecule has 0 atom stereocenters. The quantitative estimate of drug-likeness (QED) is 0.0614. The molecule has 2 aromatic carbocycles. The third-order valence-corrected chi connectivity index (χ3v) is 7.51. The second kappa shape index (κ2) is 19.4. The number of cyclic esters (lactones) is 2. The van der Waals surface area contributed by atoms with E-state index < -0.39 is 23.9 Å².